The zero-order valence-corrected chi connectivity index (χ0v) is 11.0. The maximum absolute atomic E-state index is 13.4. The Morgan fingerprint density at radius 1 is 1.22 bits per heavy atom. The van der Waals surface area contributed by atoms with E-state index in [0.29, 0.717) is 12.4 Å². The molecule has 0 aliphatic carbocycles. The molecule has 1 aromatic carbocycles. The van der Waals surface area contributed by atoms with E-state index in [0.717, 1.165) is 31.4 Å². The minimum absolute atomic E-state index is 0.462. The molecular formula is C13H16ClF2NO. The second kappa shape index (κ2) is 7.31. The third-order valence-electron chi connectivity index (χ3n) is 2.65. The number of amides is 1. The van der Waals surface area contributed by atoms with Crippen LogP contribution in [0.2, 0.25) is 0 Å². The van der Waals surface area contributed by atoms with Gasteiger partial charge in [-0.05, 0) is 25.0 Å². The topological polar surface area (TPSA) is 20.3 Å². The minimum atomic E-state index is -0.826. The SMILES string of the molecule is CN(CCCCCCl)C(=O)c1c(F)cccc1F. The number of alkyl halides is 1. The zero-order chi connectivity index (χ0) is 13.5. The third-order valence-corrected chi connectivity index (χ3v) is 2.92. The van der Waals surface area contributed by atoms with E-state index in [1.165, 1.54) is 18.0 Å². The van der Waals surface area contributed by atoms with E-state index in [1.807, 2.05) is 0 Å². The quantitative estimate of drug-likeness (QED) is 0.575. The Morgan fingerprint density at radius 3 is 2.39 bits per heavy atom. The Kier molecular flexibility index (Phi) is 6.05. The van der Waals surface area contributed by atoms with Crippen LogP contribution in [0.1, 0.15) is 29.6 Å². The fourth-order valence-electron chi connectivity index (χ4n) is 1.61. The van der Waals surface area contributed by atoms with Crippen molar-refractivity contribution in [1.29, 1.82) is 0 Å². The molecule has 0 spiro atoms. The molecular weight excluding hydrogens is 260 g/mol. The first kappa shape index (κ1) is 14.9. The molecule has 0 saturated carbocycles. The molecule has 0 fully saturated rings. The molecule has 1 amide bonds. The molecule has 0 unspecified atom stereocenters. The highest BCUT2D eigenvalue weighted by Gasteiger charge is 2.20. The van der Waals surface area contributed by atoms with Gasteiger partial charge in [-0.2, -0.15) is 0 Å². The van der Waals surface area contributed by atoms with Crippen LogP contribution in [0.5, 0.6) is 0 Å². The highest BCUT2D eigenvalue weighted by molar-refractivity contribution is 6.17. The highest BCUT2D eigenvalue weighted by Crippen LogP contribution is 2.14. The van der Waals surface area contributed by atoms with E-state index >= 15 is 0 Å². The van der Waals surface area contributed by atoms with Crippen LogP contribution in [0.25, 0.3) is 0 Å². The molecule has 100 valence electrons. The lowest BCUT2D eigenvalue weighted by atomic mass is 10.1. The monoisotopic (exact) mass is 275 g/mol. The Balaban J connectivity index is 2.63. The Bertz CT molecular complexity index is 392. The van der Waals surface area contributed by atoms with Gasteiger partial charge in [-0.1, -0.05) is 12.5 Å². The van der Waals surface area contributed by atoms with Gasteiger partial charge in [0.15, 0.2) is 0 Å². The Hall–Kier alpha value is -1.16. The smallest absolute Gasteiger partial charge is 0.259 e. The van der Waals surface area contributed by atoms with E-state index in [-0.39, 0.29) is 0 Å². The number of hydrogen-bond acceptors (Lipinski definition) is 1. The summed E-state index contributed by atoms with van der Waals surface area (Å²) in [6.45, 7) is 0.462. The van der Waals surface area contributed by atoms with Crippen molar-refractivity contribution in [2.75, 3.05) is 19.5 Å². The van der Waals surface area contributed by atoms with Gasteiger partial charge in [0.1, 0.15) is 17.2 Å². The molecule has 1 aromatic rings. The summed E-state index contributed by atoms with van der Waals surface area (Å²) in [7, 11) is 1.54. The van der Waals surface area contributed by atoms with Gasteiger partial charge in [-0.3, -0.25) is 4.79 Å². The molecule has 1 rings (SSSR count). The van der Waals surface area contributed by atoms with Gasteiger partial charge >= 0.3 is 0 Å². The summed E-state index contributed by atoms with van der Waals surface area (Å²) in [5.74, 6) is -1.70. The van der Waals surface area contributed by atoms with Crippen LogP contribution in [0.3, 0.4) is 0 Å². The number of hydrogen-bond donors (Lipinski definition) is 0. The molecule has 18 heavy (non-hydrogen) atoms. The van der Waals surface area contributed by atoms with Crippen LogP contribution < -0.4 is 0 Å². The normalized spacial score (nSPS) is 10.4. The average Bonchev–Trinajstić information content (AvgIpc) is 2.34. The Labute approximate surface area is 111 Å². The van der Waals surface area contributed by atoms with Gasteiger partial charge in [-0.15, -0.1) is 11.6 Å². The van der Waals surface area contributed by atoms with Gasteiger partial charge < -0.3 is 4.90 Å². The van der Waals surface area contributed by atoms with Crippen LogP contribution >= 0.6 is 11.6 Å². The molecule has 0 heterocycles. The number of rotatable bonds is 6. The summed E-state index contributed by atoms with van der Waals surface area (Å²) in [5.41, 5.74) is -0.489. The first-order valence-electron chi connectivity index (χ1n) is 5.83. The van der Waals surface area contributed by atoms with Crippen LogP contribution in [-0.2, 0) is 0 Å². The van der Waals surface area contributed by atoms with Crippen molar-refractivity contribution >= 4 is 17.5 Å². The molecule has 0 atom stereocenters. The summed E-state index contributed by atoms with van der Waals surface area (Å²) >= 11 is 5.54. The molecule has 0 saturated heterocycles. The zero-order valence-electron chi connectivity index (χ0n) is 10.3. The van der Waals surface area contributed by atoms with Crippen molar-refractivity contribution in [1.82, 2.24) is 4.90 Å². The van der Waals surface area contributed by atoms with Crippen LogP contribution in [0, 0.1) is 11.6 Å². The van der Waals surface area contributed by atoms with Crippen LogP contribution in [0.15, 0.2) is 18.2 Å². The van der Waals surface area contributed by atoms with E-state index in [2.05, 4.69) is 0 Å². The van der Waals surface area contributed by atoms with Gasteiger partial charge in [0.05, 0.1) is 0 Å². The second-order valence-electron chi connectivity index (χ2n) is 4.07. The first-order valence-corrected chi connectivity index (χ1v) is 6.36. The number of unbranched alkanes of at least 4 members (excludes halogenated alkanes) is 2. The molecule has 0 N–H and O–H groups in total. The van der Waals surface area contributed by atoms with Crippen molar-refractivity contribution in [3.63, 3.8) is 0 Å². The Morgan fingerprint density at radius 2 is 1.83 bits per heavy atom. The predicted octanol–water partition coefficient (Wildman–Crippen LogP) is 3.45. The molecule has 0 aliphatic heterocycles. The number of halogens is 3. The third kappa shape index (κ3) is 3.95. The molecule has 5 heteroatoms. The van der Waals surface area contributed by atoms with Crippen molar-refractivity contribution in [2.24, 2.45) is 0 Å². The summed E-state index contributed by atoms with van der Waals surface area (Å²) in [5, 5.41) is 0. The predicted molar refractivity (Wildman–Crippen MR) is 67.9 cm³/mol. The standard InChI is InChI=1S/C13H16ClF2NO/c1-17(9-4-2-3-8-14)13(18)12-10(15)6-5-7-11(12)16/h5-7H,2-4,8-9H2,1H3. The van der Waals surface area contributed by atoms with E-state index in [1.54, 1.807) is 0 Å². The molecule has 2 nitrogen and oxygen atoms in total. The highest BCUT2D eigenvalue weighted by atomic mass is 35.5. The lowest BCUT2D eigenvalue weighted by Crippen LogP contribution is -2.29. The van der Waals surface area contributed by atoms with Crippen molar-refractivity contribution in [2.45, 2.75) is 19.3 Å². The minimum Gasteiger partial charge on any atom is -0.342 e. The number of nitrogens with zero attached hydrogens (tertiary/aromatic N) is 1. The lowest BCUT2D eigenvalue weighted by Gasteiger charge is -2.17. The summed E-state index contributed by atoms with van der Waals surface area (Å²) < 4.78 is 26.8. The fraction of sp³-hybridized carbons (Fsp3) is 0.462. The number of carbonyl (C=O) groups excluding carboxylic acids is 1. The largest absolute Gasteiger partial charge is 0.342 e. The summed E-state index contributed by atoms with van der Waals surface area (Å²) in [4.78, 5) is 13.2. The molecule has 0 radical (unpaired) electrons. The van der Waals surface area contributed by atoms with E-state index < -0.39 is 23.1 Å². The van der Waals surface area contributed by atoms with Crippen molar-refractivity contribution in [3.8, 4) is 0 Å². The van der Waals surface area contributed by atoms with Gasteiger partial charge in [0.2, 0.25) is 0 Å². The number of carbonyl (C=O) groups is 1. The lowest BCUT2D eigenvalue weighted by molar-refractivity contribution is 0.0783. The van der Waals surface area contributed by atoms with Crippen molar-refractivity contribution < 1.29 is 13.6 Å². The van der Waals surface area contributed by atoms with Gasteiger partial charge in [0.25, 0.3) is 5.91 Å². The first-order chi connectivity index (χ1) is 8.57. The molecule has 0 aromatic heterocycles. The fourth-order valence-corrected chi connectivity index (χ4v) is 1.80. The number of benzene rings is 1. The second-order valence-corrected chi connectivity index (χ2v) is 4.45. The average molecular weight is 276 g/mol. The van der Waals surface area contributed by atoms with Crippen LogP contribution in [-0.4, -0.2) is 30.3 Å². The summed E-state index contributed by atoms with van der Waals surface area (Å²) in [6.07, 6.45) is 2.53. The summed E-state index contributed by atoms with van der Waals surface area (Å²) in [6, 6.07) is 3.40. The van der Waals surface area contributed by atoms with Gasteiger partial charge in [0, 0.05) is 19.5 Å². The molecule has 0 bridgehead atoms. The van der Waals surface area contributed by atoms with Gasteiger partial charge in [-0.25, -0.2) is 8.78 Å². The van der Waals surface area contributed by atoms with E-state index in [4.69, 9.17) is 11.6 Å². The molecule has 0 aliphatic rings. The van der Waals surface area contributed by atoms with E-state index in [9.17, 15) is 13.6 Å². The van der Waals surface area contributed by atoms with Crippen molar-refractivity contribution in [3.05, 3.63) is 35.4 Å². The maximum Gasteiger partial charge on any atom is 0.259 e. The maximum atomic E-state index is 13.4. The van der Waals surface area contributed by atoms with Crippen LogP contribution in [0.4, 0.5) is 8.78 Å².